The number of anilines is 1. The van der Waals surface area contributed by atoms with Gasteiger partial charge in [0.15, 0.2) is 5.13 Å². The van der Waals surface area contributed by atoms with Crippen LogP contribution < -0.4 is 5.32 Å². The molecule has 0 radical (unpaired) electrons. The van der Waals surface area contributed by atoms with Gasteiger partial charge in [-0.2, -0.15) is 0 Å². The Hall–Kier alpha value is -0.900. The molecule has 4 heteroatoms. The zero-order valence-electron chi connectivity index (χ0n) is 10.7. The number of aromatic nitrogens is 1. The highest BCUT2D eigenvalue weighted by molar-refractivity contribution is 7.15. The van der Waals surface area contributed by atoms with Crippen LogP contribution in [0.3, 0.4) is 0 Å². The number of carbonyl (C=O) groups is 1. The fourth-order valence-electron chi connectivity index (χ4n) is 3.05. The quantitative estimate of drug-likeness (QED) is 0.907. The number of hydrogen-bond acceptors (Lipinski definition) is 3. The zero-order chi connectivity index (χ0) is 12.4. The second-order valence-electron chi connectivity index (χ2n) is 5.50. The third-order valence-electron chi connectivity index (χ3n) is 4.04. The Morgan fingerprint density at radius 3 is 2.78 bits per heavy atom. The summed E-state index contributed by atoms with van der Waals surface area (Å²) in [5, 5.41) is 3.82. The second-order valence-corrected chi connectivity index (χ2v) is 6.58. The normalized spacial score (nSPS) is 19.8. The van der Waals surface area contributed by atoms with Crippen LogP contribution in [0.1, 0.15) is 55.5 Å². The number of amides is 1. The number of aryl methyl sites for hydroxylation is 2. The summed E-state index contributed by atoms with van der Waals surface area (Å²) in [6.07, 6.45) is 10.5. The number of thiazole rings is 1. The van der Waals surface area contributed by atoms with Gasteiger partial charge < -0.3 is 5.32 Å². The molecule has 0 bridgehead atoms. The standard InChI is InChI=1S/C14H20N2OS/c17-13(9-10-5-1-2-6-10)16-14-15-11-7-3-4-8-12(11)18-14/h10H,1-9H2,(H,15,16,17). The Bertz CT molecular complexity index is 412. The van der Waals surface area contributed by atoms with Crippen LogP contribution in [0.2, 0.25) is 0 Å². The van der Waals surface area contributed by atoms with Gasteiger partial charge in [0.05, 0.1) is 5.69 Å². The molecule has 2 aliphatic carbocycles. The molecular formula is C14H20N2OS. The van der Waals surface area contributed by atoms with Crippen molar-refractivity contribution in [2.24, 2.45) is 5.92 Å². The van der Waals surface area contributed by atoms with Crippen LogP contribution in [-0.4, -0.2) is 10.9 Å². The maximum atomic E-state index is 11.9. The molecule has 3 rings (SSSR count). The molecule has 1 amide bonds. The third kappa shape index (κ3) is 2.74. The second kappa shape index (κ2) is 5.39. The summed E-state index contributed by atoms with van der Waals surface area (Å²) in [5.74, 6) is 0.771. The first kappa shape index (κ1) is 12.2. The molecule has 3 nitrogen and oxygen atoms in total. The highest BCUT2D eigenvalue weighted by atomic mass is 32.1. The molecule has 0 atom stereocenters. The SMILES string of the molecule is O=C(CC1CCCC1)Nc1nc2c(s1)CCCC2. The van der Waals surface area contributed by atoms with Crippen molar-refractivity contribution in [1.82, 2.24) is 4.98 Å². The fourth-order valence-corrected chi connectivity index (χ4v) is 4.12. The molecule has 0 aliphatic heterocycles. The summed E-state index contributed by atoms with van der Waals surface area (Å²) in [5.41, 5.74) is 1.22. The van der Waals surface area contributed by atoms with Crippen molar-refractivity contribution >= 4 is 22.4 Å². The molecule has 98 valence electrons. The average Bonchev–Trinajstić information content (AvgIpc) is 2.96. The minimum absolute atomic E-state index is 0.160. The molecule has 1 N–H and O–H groups in total. The zero-order valence-corrected chi connectivity index (χ0v) is 11.5. The van der Waals surface area contributed by atoms with Gasteiger partial charge >= 0.3 is 0 Å². The van der Waals surface area contributed by atoms with Crippen molar-refractivity contribution in [3.05, 3.63) is 10.6 Å². The summed E-state index contributed by atoms with van der Waals surface area (Å²) in [4.78, 5) is 17.9. The van der Waals surface area contributed by atoms with Gasteiger partial charge in [0.2, 0.25) is 5.91 Å². The van der Waals surface area contributed by atoms with Crippen LogP contribution in [0.25, 0.3) is 0 Å². The fraction of sp³-hybridized carbons (Fsp3) is 0.714. The van der Waals surface area contributed by atoms with E-state index < -0.39 is 0 Å². The highest BCUT2D eigenvalue weighted by Crippen LogP contribution is 2.31. The van der Waals surface area contributed by atoms with Crippen molar-refractivity contribution in [3.8, 4) is 0 Å². The molecule has 2 aliphatic rings. The Morgan fingerprint density at radius 2 is 2.00 bits per heavy atom. The number of hydrogen-bond donors (Lipinski definition) is 1. The largest absolute Gasteiger partial charge is 0.302 e. The summed E-state index contributed by atoms with van der Waals surface area (Å²) in [7, 11) is 0. The van der Waals surface area contributed by atoms with Crippen LogP contribution in [-0.2, 0) is 17.6 Å². The van der Waals surface area contributed by atoms with Crippen LogP contribution in [0.5, 0.6) is 0 Å². The van der Waals surface area contributed by atoms with Crippen LogP contribution >= 0.6 is 11.3 Å². The van der Waals surface area contributed by atoms with E-state index in [1.54, 1.807) is 11.3 Å². The first-order chi connectivity index (χ1) is 8.81. The molecular weight excluding hydrogens is 244 g/mol. The molecule has 1 saturated carbocycles. The lowest BCUT2D eigenvalue weighted by Crippen LogP contribution is -2.15. The van der Waals surface area contributed by atoms with E-state index in [2.05, 4.69) is 10.3 Å². The molecule has 0 unspecified atom stereocenters. The Morgan fingerprint density at radius 1 is 1.22 bits per heavy atom. The molecule has 1 aromatic rings. The van der Waals surface area contributed by atoms with Crippen LogP contribution in [0, 0.1) is 5.92 Å². The van der Waals surface area contributed by atoms with Crippen molar-refractivity contribution in [3.63, 3.8) is 0 Å². The van der Waals surface area contributed by atoms with Gasteiger partial charge in [0.25, 0.3) is 0 Å². The average molecular weight is 264 g/mol. The van der Waals surface area contributed by atoms with Gasteiger partial charge in [-0.15, -0.1) is 11.3 Å². The Balaban J connectivity index is 1.58. The van der Waals surface area contributed by atoms with E-state index in [0.717, 1.165) is 18.0 Å². The lowest BCUT2D eigenvalue weighted by atomic mass is 10.0. The van der Waals surface area contributed by atoms with Gasteiger partial charge in [-0.1, -0.05) is 12.8 Å². The Labute approximate surface area is 112 Å². The first-order valence-electron chi connectivity index (χ1n) is 7.09. The lowest BCUT2D eigenvalue weighted by molar-refractivity contribution is -0.117. The molecule has 1 fully saturated rings. The van der Waals surface area contributed by atoms with Gasteiger partial charge in [0.1, 0.15) is 0 Å². The smallest absolute Gasteiger partial charge is 0.226 e. The van der Waals surface area contributed by atoms with E-state index in [1.807, 2.05) is 0 Å². The van der Waals surface area contributed by atoms with E-state index in [9.17, 15) is 4.79 Å². The van der Waals surface area contributed by atoms with Gasteiger partial charge in [0, 0.05) is 11.3 Å². The topological polar surface area (TPSA) is 42.0 Å². The monoisotopic (exact) mass is 264 g/mol. The van der Waals surface area contributed by atoms with Crippen molar-refractivity contribution in [1.29, 1.82) is 0 Å². The van der Waals surface area contributed by atoms with Crippen molar-refractivity contribution in [2.75, 3.05) is 5.32 Å². The van der Waals surface area contributed by atoms with E-state index in [1.165, 1.54) is 49.1 Å². The summed E-state index contributed by atoms with van der Waals surface area (Å²) < 4.78 is 0. The summed E-state index contributed by atoms with van der Waals surface area (Å²) >= 11 is 1.68. The predicted octanol–water partition coefficient (Wildman–Crippen LogP) is 3.54. The van der Waals surface area contributed by atoms with E-state index in [0.29, 0.717) is 12.3 Å². The molecule has 18 heavy (non-hydrogen) atoms. The number of fused-ring (bicyclic) bond motifs is 1. The molecule has 0 spiro atoms. The maximum Gasteiger partial charge on any atom is 0.226 e. The summed E-state index contributed by atoms with van der Waals surface area (Å²) in [6.45, 7) is 0. The number of carbonyl (C=O) groups excluding carboxylic acids is 1. The van der Waals surface area contributed by atoms with Gasteiger partial charge in [-0.3, -0.25) is 4.79 Å². The summed E-state index contributed by atoms with van der Waals surface area (Å²) in [6, 6.07) is 0. The molecule has 0 saturated heterocycles. The molecule has 0 aromatic carbocycles. The predicted molar refractivity (Wildman–Crippen MR) is 74.0 cm³/mol. The van der Waals surface area contributed by atoms with Gasteiger partial charge in [-0.25, -0.2) is 4.98 Å². The van der Waals surface area contributed by atoms with Crippen LogP contribution in [0.15, 0.2) is 0 Å². The molecule has 1 aromatic heterocycles. The number of rotatable bonds is 3. The molecule has 1 heterocycles. The first-order valence-corrected chi connectivity index (χ1v) is 7.91. The minimum Gasteiger partial charge on any atom is -0.302 e. The maximum absolute atomic E-state index is 11.9. The van der Waals surface area contributed by atoms with Gasteiger partial charge in [-0.05, 0) is 44.4 Å². The van der Waals surface area contributed by atoms with E-state index in [-0.39, 0.29) is 5.91 Å². The van der Waals surface area contributed by atoms with E-state index >= 15 is 0 Å². The van der Waals surface area contributed by atoms with Crippen LogP contribution in [0.4, 0.5) is 5.13 Å². The highest BCUT2D eigenvalue weighted by Gasteiger charge is 2.20. The number of nitrogens with zero attached hydrogens (tertiary/aromatic N) is 1. The lowest BCUT2D eigenvalue weighted by Gasteiger charge is -2.07. The van der Waals surface area contributed by atoms with E-state index in [4.69, 9.17) is 0 Å². The van der Waals surface area contributed by atoms with Crippen molar-refractivity contribution in [2.45, 2.75) is 57.8 Å². The van der Waals surface area contributed by atoms with Crippen molar-refractivity contribution < 1.29 is 4.79 Å². The Kier molecular flexibility index (Phi) is 3.64. The third-order valence-corrected chi connectivity index (χ3v) is 5.11. The number of nitrogens with one attached hydrogen (secondary N) is 1. The minimum atomic E-state index is 0.160.